The lowest BCUT2D eigenvalue weighted by atomic mass is 10.1. The number of hydrogen-bond donors (Lipinski definition) is 1. The van der Waals surface area contributed by atoms with Crippen molar-refractivity contribution in [3.63, 3.8) is 0 Å². The minimum Gasteiger partial charge on any atom is -0.454 e. The number of ether oxygens (including phenoxy) is 2. The predicted molar refractivity (Wildman–Crippen MR) is 121 cm³/mol. The van der Waals surface area contributed by atoms with Gasteiger partial charge in [0, 0.05) is 17.5 Å². The van der Waals surface area contributed by atoms with Crippen LogP contribution in [0.1, 0.15) is 29.0 Å². The molecule has 1 amide bonds. The summed E-state index contributed by atoms with van der Waals surface area (Å²) < 4.78 is 79.7. The van der Waals surface area contributed by atoms with Gasteiger partial charge in [-0.15, -0.1) is 0 Å². The van der Waals surface area contributed by atoms with Crippen LogP contribution >= 0.6 is 0 Å². The van der Waals surface area contributed by atoms with E-state index in [1.165, 1.54) is 6.07 Å². The summed E-state index contributed by atoms with van der Waals surface area (Å²) >= 11 is 0. The topological polar surface area (TPSA) is 90.9 Å². The van der Waals surface area contributed by atoms with Gasteiger partial charge in [-0.1, -0.05) is 24.3 Å². The summed E-state index contributed by atoms with van der Waals surface area (Å²) in [5.74, 6) is 0.922. The lowest BCUT2D eigenvalue weighted by molar-refractivity contribution is -0.137. The number of fused-ring (bicyclic) bond motifs is 1. The molecule has 1 heterocycles. The second kappa shape index (κ2) is 9.05. The van der Waals surface area contributed by atoms with Crippen molar-refractivity contribution in [3.05, 3.63) is 83.4 Å². The highest BCUT2D eigenvalue weighted by Crippen LogP contribution is 2.45. The number of benzene rings is 3. The zero-order valence-electron chi connectivity index (χ0n) is 18.6. The van der Waals surface area contributed by atoms with Crippen molar-refractivity contribution < 1.29 is 40.0 Å². The molecule has 0 radical (unpaired) electrons. The zero-order chi connectivity index (χ0) is 25.5. The Hall–Kier alpha value is -3.73. The molecule has 1 aliphatic heterocycles. The first-order valence-corrected chi connectivity index (χ1v) is 12.4. The van der Waals surface area contributed by atoms with Crippen LogP contribution in [-0.2, 0) is 27.5 Å². The van der Waals surface area contributed by atoms with E-state index in [2.05, 4.69) is 5.32 Å². The summed E-state index contributed by atoms with van der Waals surface area (Å²) in [6.07, 6.45) is -3.85. The molecule has 0 aromatic heterocycles. The van der Waals surface area contributed by atoms with Gasteiger partial charge in [-0.3, -0.25) is 4.79 Å². The Balaban J connectivity index is 1.24. The number of amides is 1. The van der Waals surface area contributed by atoms with Gasteiger partial charge in [0.1, 0.15) is 10.6 Å². The maximum atomic E-state index is 12.8. The molecule has 7 nitrogen and oxygen atoms in total. The van der Waals surface area contributed by atoms with Crippen molar-refractivity contribution in [2.45, 2.75) is 35.9 Å². The number of alkyl halides is 3. The molecule has 0 saturated heterocycles. The fraction of sp³-hybridized carbons (Fsp3) is 0.240. The van der Waals surface area contributed by atoms with Gasteiger partial charge >= 0.3 is 16.3 Å². The Labute approximate surface area is 204 Å². The van der Waals surface area contributed by atoms with Crippen LogP contribution in [0.3, 0.4) is 0 Å². The van der Waals surface area contributed by atoms with E-state index in [-0.39, 0.29) is 36.8 Å². The summed E-state index contributed by atoms with van der Waals surface area (Å²) in [5.41, 5.74) is 0.390. The van der Waals surface area contributed by atoms with Gasteiger partial charge in [-0.2, -0.15) is 21.6 Å². The van der Waals surface area contributed by atoms with E-state index >= 15 is 0 Å². The number of carbonyl (C=O) groups is 1. The monoisotopic (exact) mass is 519 g/mol. The van der Waals surface area contributed by atoms with Gasteiger partial charge in [0.25, 0.3) is 0 Å². The fourth-order valence-corrected chi connectivity index (χ4v) is 4.99. The van der Waals surface area contributed by atoms with E-state index in [1.807, 2.05) is 0 Å². The van der Waals surface area contributed by atoms with E-state index in [9.17, 15) is 26.4 Å². The minimum absolute atomic E-state index is 0.0647. The quantitative estimate of drug-likeness (QED) is 0.465. The summed E-state index contributed by atoms with van der Waals surface area (Å²) in [7, 11) is -4.37. The molecule has 5 rings (SSSR count). The summed E-state index contributed by atoms with van der Waals surface area (Å²) in [5, 5.41) is 2.94. The molecule has 2 aliphatic rings. The largest absolute Gasteiger partial charge is 0.454 e. The van der Waals surface area contributed by atoms with Crippen LogP contribution in [0.4, 0.5) is 13.2 Å². The van der Waals surface area contributed by atoms with Gasteiger partial charge in [-0.05, 0) is 54.4 Å². The van der Waals surface area contributed by atoms with Crippen molar-refractivity contribution in [3.8, 4) is 17.2 Å². The standard InChI is InChI=1S/C25H20F3NO6S/c26-25(27,28)16-6-8-17(9-7-16)36(31,32)35-21-4-2-1-3-18(21)19-13-20(19)29-24(30)12-15-5-10-22-23(11-15)34-14-33-22/h1-11,19-20H,12-14H2,(H,29,30)/t19-,20+/m1/s1. The van der Waals surface area contributed by atoms with Crippen LogP contribution < -0.4 is 19.0 Å². The average Bonchev–Trinajstić information content (AvgIpc) is 3.41. The predicted octanol–water partition coefficient (Wildman–Crippen LogP) is 4.42. The normalized spacial score (nSPS) is 18.5. The SMILES string of the molecule is O=C(Cc1ccc2c(c1)OCO2)N[C@H]1C[C@@H]1c1ccccc1OS(=O)(=O)c1ccc(C(F)(F)F)cc1. The number of rotatable bonds is 7. The molecule has 0 bridgehead atoms. The summed E-state index contributed by atoms with van der Waals surface area (Å²) in [4.78, 5) is 12.2. The number of halogens is 3. The van der Waals surface area contributed by atoms with Crippen LogP contribution in [0.25, 0.3) is 0 Å². The van der Waals surface area contributed by atoms with E-state index < -0.39 is 26.8 Å². The smallest absolute Gasteiger partial charge is 0.416 e. The Bertz CT molecular complexity index is 1410. The molecule has 3 aromatic rings. The van der Waals surface area contributed by atoms with Crippen LogP contribution in [0.15, 0.2) is 71.6 Å². The van der Waals surface area contributed by atoms with E-state index in [0.29, 0.717) is 35.6 Å². The molecular formula is C25H20F3NO6S. The molecule has 1 aliphatic carbocycles. The van der Waals surface area contributed by atoms with Crippen molar-refractivity contribution in [1.29, 1.82) is 0 Å². The Morgan fingerprint density at radius 1 is 1.00 bits per heavy atom. The van der Waals surface area contributed by atoms with Crippen LogP contribution in [0.2, 0.25) is 0 Å². The van der Waals surface area contributed by atoms with Gasteiger partial charge in [0.2, 0.25) is 12.7 Å². The Morgan fingerprint density at radius 3 is 2.47 bits per heavy atom. The molecule has 0 spiro atoms. The van der Waals surface area contributed by atoms with Crippen molar-refractivity contribution in [1.82, 2.24) is 5.32 Å². The van der Waals surface area contributed by atoms with Crippen LogP contribution in [0, 0.1) is 0 Å². The number of nitrogens with one attached hydrogen (secondary N) is 1. The first kappa shape index (κ1) is 24.0. The molecule has 36 heavy (non-hydrogen) atoms. The number of carbonyl (C=O) groups excluding carboxylic acids is 1. The number of para-hydroxylation sites is 1. The molecule has 1 N–H and O–H groups in total. The Morgan fingerprint density at radius 2 is 1.72 bits per heavy atom. The lowest BCUT2D eigenvalue weighted by Crippen LogP contribution is -2.28. The Kier molecular flexibility index (Phi) is 6.03. The van der Waals surface area contributed by atoms with Crippen molar-refractivity contribution in [2.75, 3.05) is 6.79 Å². The molecule has 1 fully saturated rings. The highest BCUT2D eigenvalue weighted by atomic mass is 32.2. The van der Waals surface area contributed by atoms with Crippen molar-refractivity contribution in [2.24, 2.45) is 0 Å². The third-order valence-electron chi connectivity index (χ3n) is 5.93. The second-order valence-corrected chi connectivity index (χ2v) is 10.0. The van der Waals surface area contributed by atoms with Gasteiger partial charge in [0.05, 0.1) is 12.0 Å². The maximum absolute atomic E-state index is 12.8. The van der Waals surface area contributed by atoms with Gasteiger partial charge < -0.3 is 19.0 Å². The highest BCUT2D eigenvalue weighted by molar-refractivity contribution is 7.87. The van der Waals surface area contributed by atoms with Crippen molar-refractivity contribution >= 4 is 16.0 Å². The average molecular weight is 519 g/mol. The van der Waals surface area contributed by atoms with Crippen LogP contribution in [0.5, 0.6) is 17.2 Å². The molecule has 188 valence electrons. The summed E-state index contributed by atoms with van der Waals surface area (Å²) in [6.45, 7) is 0.144. The first-order chi connectivity index (χ1) is 17.1. The first-order valence-electron chi connectivity index (χ1n) is 11.0. The lowest BCUT2D eigenvalue weighted by Gasteiger charge is -2.13. The maximum Gasteiger partial charge on any atom is 0.416 e. The number of hydrogen-bond acceptors (Lipinski definition) is 6. The summed E-state index contributed by atoms with van der Waals surface area (Å²) in [6, 6.07) is 14.7. The van der Waals surface area contributed by atoms with E-state index in [0.717, 1.165) is 17.7 Å². The second-order valence-electron chi connectivity index (χ2n) is 8.48. The molecule has 2 atom stereocenters. The molecule has 11 heteroatoms. The van der Waals surface area contributed by atoms with Gasteiger partial charge in [-0.25, -0.2) is 0 Å². The molecule has 1 saturated carbocycles. The highest BCUT2D eigenvalue weighted by Gasteiger charge is 2.41. The molecule has 0 unspecified atom stereocenters. The third kappa shape index (κ3) is 5.11. The fourth-order valence-electron chi connectivity index (χ4n) is 4.03. The van der Waals surface area contributed by atoms with E-state index in [1.54, 1.807) is 36.4 Å². The zero-order valence-corrected chi connectivity index (χ0v) is 19.4. The van der Waals surface area contributed by atoms with Gasteiger partial charge in [0.15, 0.2) is 11.5 Å². The molecular weight excluding hydrogens is 499 g/mol. The van der Waals surface area contributed by atoms with E-state index in [4.69, 9.17) is 13.7 Å². The minimum atomic E-state index is -4.58. The molecule has 3 aromatic carbocycles. The third-order valence-corrected chi connectivity index (χ3v) is 7.18. The van der Waals surface area contributed by atoms with Crippen LogP contribution in [-0.4, -0.2) is 27.2 Å².